The molecule has 6 heteroatoms. The zero-order chi connectivity index (χ0) is 12.9. The van der Waals surface area contributed by atoms with Crippen molar-refractivity contribution in [3.05, 3.63) is 0 Å². The van der Waals surface area contributed by atoms with Crippen LogP contribution in [0.2, 0.25) is 0 Å². The van der Waals surface area contributed by atoms with E-state index in [0.29, 0.717) is 25.7 Å². The van der Waals surface area contributed by atoms with Gasteiger partial charge in [0.1, 0.15) is 0 Å². The standard InChI is InChI=1S/C11H25N3O2S/c1-4-13-6-8-14(9-7-13)17(15,16)10-5-12-11(2)3/h11-12H,4-10H2,1-3H3. The van der Waals surface area contributed by atoms with Gasteiger partial charge in [-0.15, -0.1) is 0 Å². The zero-order valence-electron chi connectivity index (χ0n) is 11.1. The molecule has 1 saturated heterocycles. The summed E-state index contributed by atoms with van der Waals surface area (Å²) in [5.74, 6) is 0.206. The Labute approximate surface area is 105 Å². The van der Waals surface area contributed by atoms with Crippen molar-refractivity contribution in [3.63, 3.8) is 0 Å². The largest absolute Gasteiger partial charge is 0.313 e. The van der Waals surface area contributed by atoms with Crippen molar-refractivity contribution in [2.45, 2.75) is 26.8 Å². The molecule has 1 N–H and O–H groups in total. The van der Waals surface area contributed by atoms with Crippen molar-refractivity contribution >= 4 is 10.0 Å². The third-order valence-electron chi connectivity index (χ3n) is 3.08. The van der Waals surface area contributed by atoms with Crippen LogP contribution in [0.15, 0.2) is 0 Å². The summed E-state index contributed by atoms with van der Waals surface area (Å²) in [5.41, 5.74) is 0. The second-order valence-corrected chi connectivity index (χ2v) is 6.85. The Morgan fingerprint density at radius 1 is 1.18 bits per heavy atom. The van der Waals surface area contributed by atoms with Gasteiger partial charge in [0, 0.05) is 38.8 Å². The predicted octanol–water partition coefficient (Wildman–Crippen LogP) is -0.0483. The first kappa shape index (κ1) is 14.9. The van der Waals surface area contributed by atoms with Gasteiger partial charge in [0.2, 0.25) is 10.0 Å². The molecule has 1 aliphatic rings. The number of sulfonamides is 1. The molecule has 0 bridgehead atoms. The van der Waals surface area contributed by atoms with Crippen molar-refractivity contribution in [2.24, 2.45) is 0 Å². The first-order valence-electron chi connectivity index (χ1n) is 6.39. The van der Waals surface area contributed by atoms with E-state index < -0.39 is 10.0 Å². The molecular formula is C11H25N3O2S. The summed E-state index contributed by atoms with van der Waals surface area (Å²) in [6, 6.07) is 0.335. The van der Waals surface area contributed by atoms with Gasteiger partial charge in [-0.1, -0.05) is 20.8 Å². The molecule has 0 spiro atoms. The number of hydrogen-bond acceptors (Lipinski definition) is 4. The van der Waals surface area contributed by atoms with Crippen molar-refractivity contribution in [1.82, 2.24) is 14.5 Å². The van der Waals surface area contributed by atoms with Gasteiger partial charge in [-0.25, -0.2) is 8.42 Å². The molecule has 1 fully saturated rings. The molecule has 0 aliphatic carbocycles. The number of piperazine rings is 1. The fourth-order valence-electron chi connectivity index (χ4n) is 1.93. The number of hydrogen-bond donors (Lipinski definition) is 1. The van der Waals surface area contributed by atoms with E-state index in [9.17, 15) is 8.42 Å². The van der Waals surface area contributed by atoms with Gasteiger partial charge in [-0.05, 0) is 6.54 Å². The van der Waals surface area contributed by atoms with E-state index >= 15 is 0 Å². The normalized spacial score (nSPS) is 20.0. The van der Waals surface area contributed by atoms with Gasteiger partial charge >= 0.3 is 0 Å². The van der Waals surface area contributed by atoms with Crippen LogP contribution in [0.25, 0.3) is 0 Å². The predicted molar refractivity (Wildman–Crippen MR) is 70.6 cm³/mol. The van der Waals surface area contributed by atoms with Gasteiger partial charge in [0.05, 0.1) is 5.75 Å². The first-order chi connectivity index (χ1) is 7.95. The Morgan fingerprint density at radius 2 is 1.76 bits per heavy atom. The summed E-state index contributed by atoms with van der Waals surface area (Å²) < 4.78 is 25.7. The summed E-state index contributed by atoms with van der Waals surface area (Å²) in [6.07, 6.45) is 0. The number of rotatable bonds is 6. The van der Waals surface area contributed by atoms with E-state index in [-0.39, 0.29) is 5.75 Å². The Morgan fingerprint density at radius 3 is 2.24 bits per heavy atom. The maximum absolute atomic E-state index is 12.0. The highest BCUT2D eigenvalue weighted by Crippen LogP contribution is 2.07. The fourth-order valence-corrected chi connectivity index (χ4v) is 3.28. The summed E-state index contributed by atoms with van der Waals surface area (Å²) >= 11 is 0. The second-order valence-electron chi connectivity index (χ2n) is 4.76. The monoisotopic (exact) mass is 263 g/mol. The highest BCUT2D eigenvalue weighted by molar-refractivity contribution is 7.89. The van der Waals surface area contributed by atoms with Gasteiger partial charge < -0.3 is 10.2 Å². The summed E-state index contributed by atoms with van der Waals surface area (Å²) in [5, 5.41) is 3.14. The Bertz CT molecular complexity index is 309. The second kappa shape index (κ2) is 6.68. The van der Waals surface area contributed by atoms with E-state index in [1.165, 1.54) is 0 Å². The number of nitrogens with zero attached hydrogens (tertiary/aromatic N) is 2. The molecule has 0 aromatic carbocycles. The van der Waals surface area contributed by atoms with Crippen molar-refractivity contribution in [3.8, 4) is 0 Å². The highest BCUT2D eigenvalue weighted by atomic mass is 32.2. The lowest BCUT2D eigenvalue weighted by Crippen LogP contribution is -2.49. The maximum atomic E-state index is 12.0. The molecule has 0 radical (unpaired) electrons. The van der Waals surface area contributed by atoms with Crippen LogP contribution in [0.3, 0.4) is 0 Å². The highest BCUT2D eigenvalue weighted by Gasteiger charge is 2.25. The summed E-state index contributed by atoms with van der Waals surface area (Å²) in [4.78, 5) is 2.28. The quantitative estimate of drug-likeness (QED) is 0.730. The van der Waals surface area contributed by atoms with Crippen molar-refractivity contribution in [2.75, 3.05) is 45.0 Å². The molecule has 0 aromatic rings. The lowest BCUT2D eigenvalue weighted by atomic mass is 10.4. The van der Waals surface area contributed by atoms with Gasteiger partial charge in [0.15, 0.2) is 0 Å². The van der Waals surface area contributed by atoms with E-state index in [1.54, 1.807) is 4.31 Å². The van der Waals surface area contributed by atoms with Crippen molar-refractivity contribution < 1.29 is 8.42 Å². The molecule has 0 aromatic heterocycles. The first-order valence-corrected chi connectivity index (χ1v) is 8.00. The van der Waals surface area contributed by atoms with Crippen LogP contribution in [-0.4, -0.2) is 68.7 Å². The van der Waals surface area contributed by atoms with Crippen LogP contribution in [0.5, 0.6) is 0 Å². The molecular weight excluding hydrogens is 238 g/mol. The zero-order valence-corrected chi connectivity index (χ0v) is 12.0. The minimum absolute atomic E-state index is 0.206. The van der Waals surface area contributed by atoms with Gasteiger partial charge in [-0.3, -0.25) is 0 Å². The van der Waals surface area contributed by atoms with E-state index in [2.05, 4.69) is 17.1 Å². The van der Waals surface area contributed by atoms with E-state index in [4.69, 9.17) is 0 Å². The molecule has 0 saturated carbocycles. The minimum atomic E-state index is -3.07. The third kappa shape index (κ3) is 4.91. The molecule has 0 amide bonds. The fraction of sp³-hybridized carbons (Fsp3) is 1.00. The third-order valence-corrected chi connectivity index (χ3v) is 4.96. The minimum Gasteiger partial charge on any atom is -0.313 e. The van der Waals surface area contributed by atoms with Gasteiger partial charge in [0.25, 0.3) is 0 Å². The average Bonchev–Trinajstić information content (AvgIpc) is 2.28. The van der Waals surface area contributed by atoms with Crippen LogP contribution < -0.4 is 5.32 Å². The van der Waals surface area contributed by atoms with E-state index in [0.717, 1.165) is 19.6 Å². The van der Waals surface area contributed by atoms with Crippen LogP contribution in [0, 0.1) is 0 Å². The molecule has 0 unspecified atom stereocenters. The molecule has 5 nitrogen and oxygen atoms in total. The van der Waals surface area contributed by atoms with Gasteiger partial charge in [-0.2, -0.15) is 4.31 Å². The smallest absolute Gasteiger partial charge is 0.215 e. The number of likely N-dealkylation sites (N-methyl/N-ethyl adjacent to an activating group) is 1. The summed E-state index contributed by atoms with van der Waals surface area (Å²) in [6.45, 7) is 10.7. The molecule has 1 rings (SSSR count). The lowest BCUT2D eigenvalue weighted by Gasteiger charge is -2.33. The molecule has 17 heavy (non-hydrogen) atoms. The Balaban J connectivity index is 2.38. The van der Waals surface area contributed by atoms with E-state index in [1.807, 2.05) is 13.8 Å². The molecule has 1 heterocycles. The number of nitrogens with one attached hydrogen (secondary N) is 1. The van der Waals surface area contributed by atoms with Crippen LogP contribution in [-0.2, 0) is 10.0 Å². The van der Waals surface area contributed by atoms with Crippen LogP contribution in [0.4, 0.5) is 0 Å². The van der Waals surface area contributed by atoms with Crippen molar-refractivity contribution in [1.29, 1.82) is 0 Å². The topological polar surface area (TPSA) is 52.7 Å². The SMILES string of the molecule is CCN1CCN(S(=O)(=O)CCNC(C)C)CC1. The Kier molecular flexibility index (Phi) is 5.85. The lowest BCUT2D eigenvalue weighted by molar-refractivity contribution is 0.196. The molecule has 102 valence electrons. The average molecular weight is 263 g/mol. The Hall–Kier alpha value is -0.170. The van der Waals surface area contributed by atoms with Crippen LogP contribution in [0.1, 0.15) is 20.8 Å². The molecule has 0 atom stereocenters. The molecule has 1 aliphatic heterocycles. The maximum Gasteiger partial charge on any atom is 0.215 e. The van der Waals surface area contributed by atoms with Crippen LogP contribution >= 0.6 is 0 Å². The summed E-state index contributed by atoms with van der Waals surface area (Å²) in [7, 11) is -3.07.